The number of rotatable bonds is 7. The lowest BCUT2D eigenvalue weighted by Gasteiger charge is -2.28. The predicted molar refractivity (Wildman–Crippen MR) is 130 cm³/mol. The van der Waals surface area contributed by atoms with Crippen molar-refractivity contribution >= 4 is 34.6 Å². The van der Waals surface area contributed by atoms with Gasteiger partial charge in [0.2, 0.25) is 0 Å². The lowest BCUT2D eigenvalue weighted by molar-refractivity contribution is -0.384. The molecule has 0 bridgehead atoms. The maximum Gasteiger partial charge on any atom is 0.293 e. The second-order valence-electron chi connectivity index (χ2n) is 7.74. The number of benzene rings is 3. The number of ether oxygens (including phenoxy) is 1. The van der Waals surface area contributed by atoms with Crippen molar-refractivity contribution in [3.05, 3.63) is 100 Å². The number of hydrogen-bond acceptors (Lipinski definition) is 6. The van der Waals surface area contributed by atoms with E-state index in [1.54, 1.807) is 42.3 Å². The molecule has 0 amide bonds. The SMILES string of the molecule is CN(c1ccccc1)c1ccc(/C=C/C(=O)c2ccc(N3CCOCC3)cc2)cc1[N+](=O)[O-]. The molecule has 1 fully saturated rings. The number of nitro benzene ring substituents is 1. The smallest absolute Gasteiger partial charge is 0.293 e. The van der Waals surface area contributed by atoms with Crippen LogP contribution in [0.2, 0.25) is 0 Å². The van der Waals surface area contributed by atoms with Gasteiger partial charge >= 0.3 is 0 Å². The molecule has 1 aliphatic rings. The number of hydrogen-bond donors (Lipinski definition) is 0. The van der Waals surface area contributed by atoms with Gasteiger partial charge in [0.1, 0.15) is 5.69 Å². The molecular weight excluding hydrogens is 418 g/mol. The summed E-state index contributed by atoms with van der Waals surface area (Å²) in [6.07, 6.45) is 3.06. The van der Waals surface area contributed by atoms with Gasteiger partial charge in [0, 0.05) is 43.1 Å². The first-order valence-corrected chi connectivity index (χ1v) is 10.8. The van der Waals surface area contributed by atoms with Crippen LogP contribution in [0.1, 0.15) is 15.9 Å². The zero-order chi connectivity index (χ0) is 23.2. The summed E-state index contributed by atoms with van der Waals surface area (Å²) in [4.78, 5) is 27.9. The molecule has 7 heteroatoms. The largest absolute Gasteiger partial charge is 0.378 e. The van der Waals surface area contributed by atoms with E-state index >= 15 is 0 Å². The molecule has 4 rings (SSSR count). The molecule has 3 aromatic rings. The van der Waals surface area contributed by atoms with Crippen molar-refractivity contribution in [1.29, 1.82) is 0 Å². The van der Waals surface area contributed by atoms with Crippen LogP contribution in [-0.2, 0) is 4.74 Å². The van der Waals surface area contributed by atoms with Gasteiger partial charge in [-0.3, -0.25) is 14.9 Å². The van der Waals surface area contributed by atoms with Gasteiger partial charge in [-0.1, -0.05) is 30.3 Å². The summed E-state index contributed by atoms with van der Waals surface area (Å²) in [6.45, 7) is 3.08. The van der Waals surface area contributed by atoms with Crippen molar-refractivity contribution in [3.8, 4) is 0 Å². The van der Waals surface area contributed by atoms with Gasteiger partial charge in [0.25, 0.3) is 5.69 Å². The molecule has 0 aromatic heterocycles. The van der Waals surface area contributed by atoms with Gasteiger partial charge in [-0.25, -0.2) is 0 Å². The van der Waals surface area contributed by atoms with Crippen LogP contribution in [0, 0.1) is 10.1 Å². The number of carbonyl (C=O) groups is 1. The van der Waals surface area contributed by atoms with Crippen molar-refractivity contribution in [3.63, 3.8) is 0 Å². The monoisotopic (exact) mass is 443 g/mol. The van der Waals surface area contributed by atoms with Crippen LogP contribution < -0.4 is 9.80 Å². The number of para-hydroxylation sites is 1. The molecule has 0 saturated carbocycles. The number of carbonyl (C=O) groups excluding carboxylic acids is 1. The van der Waals surface area contributed by atoms with Gasteiger partial charge in [-0.2, -0.15) is 0 Å². The van der Waals surface area contributed by atoms with Crippen LogP contribution in [0.4, 0.5) is 22.7 Å². The Morgan fingerprint density at radius 2 is 1.73 bits per heavy atom. The van der Waals surface area contributed by atoms with E-state index in [9.17, 15) is 14.9 Å². The third kappa shape index (κ3) is 5.27. The zero-order valence-corrected chi connectivity index (χ0v) is 18.4. The number of allylic oxidation sites excluding steroid dienone is 1. The van der Waals surface area contributed by atoms with Gasteiger partial charge in [-0.15, -0.1) is 0 Å². The minimum Gasteiger partial charge on any atom is -0.378 e. The van der Waals surface area contributed by atoms with E-state index in [0.29, 0.717) is 30.0 Å². The maximum atomic E-state index is 12.6. The lowest BCUT2D eigenvalue weighted by atomic mass is 10.1. The van der Waals surface area contributed by atoms with Crippen molar-refractivity contribution in [1.82, 2.24) is 0 Å². The fraction of sp³-hybridized carbons (Fsp3) is 0.192. The number of nitrogens with zero attached hydrogens (tertiary/aromatic N) is 3. The first-order valence-electron chi connectivity index (χ1n) is 10.8. The Morgan fingerprint density at radius 1 is 1.03 bits per heavy atom. The third-order valence-corrected chi connectivity index (χ3v) is 5.66. The second kappa shape index (κ2) is 10.1. The van der Waals surface area contributed by atoms with Gasteiger partial charge in [0.15, 0.2) is 5.78 Å². The molecule has 3 aromatic carbocycles. The van der Waals surface area contributed by atoms with E-state index in [0.717, 1.165) is 24.5 Å². The maximum absolute atomic E-state index is 12.6. The highest BCUT2D eigenvalue weighted by Crippen LogP contribution is 2.33. The van der Waals surface area contributed by atoms with Gasteiger partial charge in [0.05, 0.1) is 18.1 Å². The Balaban J connectivity index is 1.50. The van der Waals surface area contributed by atoms with Crippen LogP contribution in [0.25, 0.3) is 6.08 Å². The van der Waals surface area contributed by atoms with E-state index in [2.05, 4.69) is 4.90 Å². The first kappa shape index (κ1) is 22.2. The molecule has 1 heterocycles. The average molecular weight is 444 g/mol. The van der Waals surface area contributed by atoms with Crippen molar-refractivity contribution in [2.45, 2.75) is 0 Å². The molecule has 0 unspecified atom stereocenters. The summed E-state index contributed by atoms with van der Waals surface area (Å²) in [7, 11) is 1.79. The number of nitro groups is 1. The minimum atomic E-state index is -0.404. The summed E-state index contributed by atoms with van der Waals surface area (Å²) in [5.41, 5.74) is 3.52. The number of ketones is 1. The Morgan fingerprint density at radius 3 is 2.39 bits per heavy atom. The van der Waals surface area contributed by atoms with Gasteiger partial charge < -0.3 is 14.5 Å². The molecule has 0 aliphatic carbocycles. The van der Waals surface area contributed by atoms with E-state index in [1.807, 2.05) is 42.5 Å². The van der Waals surface area contributed by atoms with Crippen LogP contribution in [-0.4, -0.2) is 44.1 Å². The van der Waals surface area contributed by atoms with Crippen molar-refractivity contribution < 1.29 is 14.5 Å². The van der Waals surface area contributed by atoms with E-state index in [1.165, 1.54) is 12.1 Å². The van der Waals surface area contributed by atoms with Crippen LogP contribution >= 0.6 is 0 Å². The number of anilines is 3. The normalized spacial score (nSPS) is 13.8. The standard InChI is InChI=1S/C26H25N3O4/c1-27(22-5-3-2-4-6-22)24-13-7-20(19-25(24)29(31)32)8-14-26(30)21-9-11-23(12-10-21)28-15-17-33-18-16-28/h2-14,19H,15-18H2,1H3/b14-8+. The fourth-order valence-electron chi connectivity index (χ4n) is 3.79. The molecular formula is C26H25N3O4. The highest BCUT2D eigenvalue weighted by atomic mass is 16.6. The molecule has 168 valence electrons. The van der Waals surface area contributed by atoms with E-state index in [4.69, 9.17) is 4.74 Å². The lowest BCUT2D eigenvalue weighted by Crippen LogP contribution is -2.36. The fourth-order valence-corrected chi connectivity index (χ4v) is 3.79. The Labute approximate surface area is 192 Å². The summed E-state index contributed by atoms with van der Waals surface area (Å²) in [5.74, 6) is -0.156. The zero-order valence-electron chi connectivity index (χ0n) is 18.4. The predicted octanol–water partition coefficient (Wildman–Crippen LogP) is 5.10. The molecule has 33 heavy (non-hydrogen) atoms. The quantitative estimate of drug-likeness (QED) is 0.219. The first-order chi connectivity index (χ1) is 16.0. The van der Waals surface area contributed by atoms with E-state index in [-0.39, 0.29) is 11.5 Å². The molecule has 0 atom stereocenters. The second-order valence-corrected chi connectivity index (χ2v) is 7.74. The minimum absolute atomic E-state index is 0.0224. The topological polar surface area (TPSA) is 75.9 Å². The highest BCUT2D eigenvalue weighted by molar-refractivity contribution is 6.07. The molecule has 0 spiro atoms. The molecule has 1 aliphatic heterocycles. The molecule has 1 saturated heterocycles. The van der Waals surface area contributed by atoms with Crippen LogP contribution in [0.5, 0.6) is 0 Å². The summed E-state index contributed by atoms with van der Waals surface area (Å²) < 4.78 is 5.37. The third-order valence-electron chi connectivity index (χ3n) is 5.66. The Bertz CT molecular complexity index is 1150. The summed E-state index contributed by atoms with van der Waals surface area (Å²) in [6, 6.07) is 21.9. The number of morpholine rings is 1. The summed E-state index contributed by atoms with van der Waals surface area (Å²) >= 11 is 0. The molecule has 7 nitrogen and oxygen atoms in total. The summed E-state index contributed by atoms with van der Waals surface area (Å²) in [5, 5.41) is 11.7. The Hall–Kier alpha value is -3.97. The van der Waals surface area contributed by atoms with Crippen molar-refractivity contribution in [2.24, 2.45) is 0 Å². The molecule has 0 radical (unpaired) electrons. The highest BCUT2D eigenvalue weighted by Gasteiger charge is 2.18. The van der Waals surface area contributed by atoms with Crippen LogP contribution in [0.3, 0.4) is 0 Å². The van der Waals surface area contributed by atoms with Crippen LogP contribution in [0.15, 0.2) is 78.9 Å². The average Bonchev–Trinajstić information content (AvgIpc) is 2.88. The molecule has 0 N–H and O–H groups in total. The van der Waals surface area contributed by atoms with E-state index < -0.39 is 4.92 Å². The Kier molecular flexibility index (Phi) is 6.80. The van der Waals surface area contributed by atoms with Crippen molar-refractivity contribution in [2.75, 3.05) is 43.2 Å². The van der Waals surface area contributed by atoms with Gasteiger partial charge in [-0.05, 0) is 54.1 Å².